The number of carbonyl (C=O) groups is 2. The molecular weight excluding hydrogens is 286 g/mol. The van der Waals surface area contributed by atoms with Crippen LogP contribution in [0.2, 0.25) is 0 Å². The van der Waals surface area contributed by atoms with Crippen molar-refractivity contribution in [1.82, 2.24) is 19.9 Å². The third kappa shape index (κ3) is 1.73. The third-order valence-electron chi connectivity index (χ3n) is 3.92. The van der Waals surface area contributed by atoms with Crippen molar-refractivity contribution in [1.29, 1.82) is 0 Å². The molecule has 2 aliphatic rings. The molecule has 4 heterocycles. The zero-order valence-corrected chi connectivity index (χ0v) is 11.3. The molecule has 0 saturated carbocycles. The van der Waals surface area contributed by atoms with Gasteiger partial charge in [-0.3, -0.25) is 14.5 Å². The molecular formula is C14H11N5O3. The standard InChI is InChI=1S/C14H11N5O3/c20-3-8-2-19(11-1-10(8)9(4-21)5-22-11)14-12-13(16-6-15-12)17-7-18-14/h2-7,10-11H,1H2,(H,15,16,17,18)/t10-,11+/m0/s1. The molecule has 0 spiro atoms. The molecule has 0 unspecified atom stereocenters. The molecule has 0 aliphatic carbocycles. The molecule has 2 aromatic heterocycles. The van der Waals surface area contributed by atoms with E-state index in [4.69, 9.17) is 4.74 Å². The van der Waals surface area contributed by atoms with Gasteiger partial charge in [-0.2, -0.15) is 0 Å². The van der Waals surface area contributed by atoms with Crippen LogP contribution in [0.3, 0.4) is 0 Å². The highest BCUT2D eigenvalue weighted by Crippen LogP contribution is 2.37. The van der Waals surface area contributed by atoms with Crippen LogP contribution in [-0.4, -0.2) is 38.7 Å². The predicted molar refractivity (Wildman–Crippen MR) is 75.4 cm³/mol. The van der Waals surface area contributed by atoms with E-state index in [1.807, 2.05) is 0 Å². The maximum atomic E-state index is 11.4. The zero-order valence-electron chi connectivity index (χ0n) is 11.3. The van der Waals surface area contributed by atoms with Gasteiger partial charge in [-0.05, 0) is 0 Å². The molecule has 0 radical (unpaired) electrons. The van der Waals surface area contributed by atoms with Crippen molar-refractivity contribution < 1.29 is 14.3 Å². The number of nitrogens with one attached hydrogen (secondary N) is 1. The number of aldehydes is 2. The molecule has 8 heteroatoms. The summed E-state index contributed by atoms with van der Waals surface area (Å²) in [7, 11) is 0. The summed E-state index contributed by atoms with van der Waals surface area (Å²) in [5.41, 5.74) is 2.19. The van der Waals surface area contributed by atoms with Gasteiger partial charge in [0.15, 0.2) is 17.7 Å². The van der Waals surface area contributed by atoms with Crippen molar-refractivity contribution in [2.75, 3.05) is 4.90 Å². The van der Waals surface area contributed by atoms with E-state index in [9.17, 15) is 9.59 Å². The summed E-state index contributed by atoms with van der Waals surface area (Å²) in [6.45, 7) is 0. The number of aromatic amines is 1. The predicted octanol–water partition coefficient (Wildman–Crippen LogP) is 0.701. The van der Waals surface area contributed by atoms with Gasteiger partial charge in [-0.1, -0.05) is 0 Å². The number of fused-ring (bicyclic) bond motifs is 3. The summed E-state index contributed by atoms with van der Waals surface area (Å²) >= 11 is 0. The Morgan fingerprint density at radius 2 is 2.09 bits per heavy atom. The summed E-state index contributed by atoms with van der Waals surface area (Å²) in [6.07, 6.45) is 7.70. The van der Waals surface area contributed by atoms with E-state index in [0.29, 0.717) is 34.5 Å². The van der Waals surface area contributed by atoms with Gasteiger partial charge in [0, 0.05) is 29.7 Å². The highest BCUT2D eigenvalue weighted by molar-refractivity contribution is 5.87. The van der Waals surface area contributed by atoms with Crippen LogP contribution in [0.15, 0.2) is 36.3 Å². The van der Waals surface area contributed by atoms with Crippen LogP contribution in [0.4, 0.5) is 5.82 Å². The van der Waals surface area contributed by atoms with Gasteiger partial charge in [-0.15, -0.1) is 0 Å². The van der Waals surface area contributed by atoms with Crippen molar-refractivity contribution >= 4 is 29.6 Å². The fraction of sp³-hybridized carbons (Fsp3) is 0.214. The number of allylic oxidation sites excluding steroid dienone is 2. The van der Waals surface area contributed by atoms with Crippen molar-refractivity contribution in [2.45, 2.75) is 12.6 Å². The molecule has 0 amide bonds. The first-order valence-corrected chi connectivity index (χ1v) is 6.72. The maximum Gasteiger partial charge on any atom is 0.182 e. The lowest BCUT2D eigenvalue weighted by atomic mass is 9.85. The number of anilines is 1. The number of hydrogen-bond donors (Lipinski definition) is 1. The molecule has 22 heavy (non-hydrogen) atoms. The molecule has 2 bridgehead atoms. The minimum absolute atomic E-state index is 0.232. The summed E-state index contributed by atoms with van der Waals surface area (Å²) < 4.78 is 5.62. The van der Waals surface area contributed by atoms with Gasteiger partial charge in [0.05, 0.1) is 12.6 Å². The number of aromatic nitrogens is 4. The van der Waals surface area contributed by atoms with Gasteiger partial charge in [-0.25, -0.2) is 15.0 Å². The third-order valence-corrected chi connectivity index (χ3v) is 3.92. The molecule has 2 aromatic rings. The van der Waals surface area contributed by atoms with Gasteiger partial charge in [0.1, 0.15) is 24.4 Å². The Morgan fingerprint density at radius 1 is 1.23 bits per heavy atom. The second-order valence-corrected chi connectivity index (χ2v) is 5.07. The van der Waals surface area contributed by atoms with Crippen LogP contribution in [-0.2, 0) is 14.3 Å². The average Bonchev–Trinajstić information content (AvgIpc) is 3.04. The summed E-state index contributed by atoms with van der Waals surface area (Å²) in [6, 6.07) is 0. The lowest BCUT2D eigenvalue weighted by molar-refractivity contribution is -0.106. The van der Waals surface area contributed by atoms with Crippen molar-refractivity contribution in [3.63, 3.8) is 0 Å². The first-order chi connectivity index (χ1) is 10.8. The topological polar surface area (TPSA) is 101 Å². The molecule has 2 atom stereocenters. The minimum Gasteiger partial charge on any atom is -0.477 e. The van der Waals surface area contributed by atoms with Crippen LogP contribution in [0.25, 0.3) is 11.2 Å². The number of ether oxygens (including phenoxy) is 1. The van der Waals surface area contributed by atoms with Crippen LogP contribution in [0.1, 0.15) is 6.42 Å². The highest BCUT2D eigenvalue weighted by atomic mass is 16.5. The number of rotatable bonds is 3. The zero-order chi connectivity index (χ0) is 15.1. The number of hydrogen-bond acceptors (Lipinski definition) is 7. The fourth-order valence-corrected chi connectivity index (χ4v) is 2.84. The first kappa shape index (κ1) is 12.7. The van der Waals surface area contributed by atoms with Gasteiger partial charge >= 0.3 is 0 Å². The molecule has 1 N–H and O–H groups in total. The molecule has 110 valence electrons. The van der Waals surface area contributed by atoms with E-state index >= 15 is 0 Å². The van der Waals surface area contributed by atoms with Crippen LogP contribution in [0, 0.1) is 5.92 Å². The Kier molecular flexibility index (Phi) is 2.75. The number of imidazole rings is 1. The fourth-order valence-electron chi connectivity index (χ4n) is 2.84. The molecule has 0 saturated heterocycles. The average molecular weight is 297 g/mol. The monoisotopic (exact) mass is 297 g/mol. The highest BCUT2D eigenvalue weighted by Gasteiger charge is 2.37. The van der Waals surface area contributed by atoms with Crippen molar-refractivity contribution in [3.8, 4) is 0 Å². The minimum atomic E-state index is -0.334. The van der Waals surface area contributed by atoms with Gasteiger partial charge < -0.3 is 9.72 Å². The van der Waals surface area contributed by atoms with E-state index in [1.165, 1.54) is 18.9 Å². The van der Waals surface area contributed by atoms with E-state index in [-0.39, 0.29) is 12.1 Å². The second kappa shape index (κ2) is 4.76. The molecule has 0 aromatic carbocycles. The summed E-state index contributed by atoms with van der Waals surface area (Å²) in [5.74, 6) is 0.345. The number of nitrogens with zero attached hydrogens (tertiary/aromatic N) is 4. The van der Waals surface area contributed by atoms with Gasteiger partial charge in [0.2, 0.25) is 0 Å². The molecule has 8 nitrogen and oxygen atoms in total. The Hall–Kier alpha value is -3.03. The first-order valence-electron chi connectivity index (χ1n) is 6.72. The maximum absolute atomic E-state index is 11.4. The van der Waals surface area contributed by atoms with Crippen LogP contribution >= 0.6 is 0 Å². The Morgan fingerprint density at radius 3 is 2.91 bits per heavy atom. The van der Waals surface area contributed by atoms with E-state index < -0.39 is 0 Å². The number of H-pyrrole nitrogens is 1. The SMILES string of the molecule is O=CC1=CO[C@@H]2C[C@H]1C(C=O)=CN2c1ncnc2nc[nH]c12. The van der Waals surface area contributed by atoms with E-state index in [2.05, 4.69) is 19.9 Å². The van der Waals surface area contributed by atoms with Crippen LogP contribution < -0.4 is 4.90 Å². The van der Waals surface area contributed by atoms with E-state index in [1.54, 1.807) is 11.1 Å². The molecule has 0 fully saturated rings. The number of carbonyl (C=O) groups excluding carboxylic acids is 2. The normalized spacial score (nSPS) is 23.5. The summed E-state index contributed by atoms with van der Waals surface area (Å²) in [5, 5.41) is 0. The van der Waals surface area contributed by atoms with Crippen molar-refractivity contribution in [2.24, 2.45) is 5.92 Å². The molecule has 4 rings (SSSR count). The largest absolute Gasteiger partial charge is 0.477 e. The lowest BCUT2D eigenvalue weighted by Crippen LogP contribution is -2.42. The molecule has 2 aliphatic heterocycles. The summed E-state index contributed by atoms with van der Waals surface area (Å²) in [4.78, 5) is 39.6. The Labute approximate surface area is 124 Å². The lowest BCUT2D eigenvalue weighted by Gasteiger charge is -2.39. The van der Waals surface area contributed by atoms with E-state index in [0.717, 1.165) is 12.6 Å². The Balaban J connectivity index is 1.84. The van der Waals surface area contributed by atoms with Crippen molar-refractivity contribution in [3.05, 3.63) is 36.3 Å². The van der Waals surface area contributed by atoms with Crippen LogP contribution in [0.5, 0.6) is 0 Å². The quantitative estimate of drug-likeness (QED) is 0.832. The smallest absolute Gasteiger partial charge is 0.182 e. The van der Waals surface area contributed by atoms with Gasteiger partial charge in [0.25, 0.3) is 0 Å². The Bertz CT molecular complexity index is 825. The second-order valence-electron chi connectivity index (χ2n) is 5.07.